The van der Waals surface area contributed by atoms with Crippen LogP contribution < -0.4 is 10.1 Å². The van der Waals surface area contributed by atoms with Crippen LogP contribution in [0.3, 0.4) is 0 Å². The third-order valence-electron chi connectivity index (χ3n) is 3.88. The van der Waals surface area contributed by atoms with Crippen LogP contribution in [0.25, 0.3) is 11.3 Å². The van der Waals surface area contributed by atoms with E-state index in [1.807, 2.05) is 56.3 Å². The molecule has 5 heteroatoms. The Hall–Kier alpha value is -3.08. The number of methoxy groups -OCH3 is 1. The number of aromatic nitrogens is 1. The Morgan fingerprint density at radius 1 is 1.08 bits per heavy atom. The fourth-order valence-electron chi connectivity index (χ4n) is 2.37. The second-order valence-electron chi connectivity index (χ2n) is 5.53. The van der Waals surface area contributed by atoms with Crippen molar-refractivity contribution < 1.29 is 14.1 Å². The number of hydrogen-bond donors (Lipinski definition) is 1. The van der Waals surface area contributed by atoms with Crippen molar-refractivity contribution in [2.24, 2.45) is 0 Å². The first kappa shape index (κ1) is 15.8. The molecule has 1 aromatic heterocycles. The van der Waals surface area contributed by atoms with Crippen LogP contribution in [0.5, 0.6) is 5.75 Å². The highest BCUT2D eigenvalue weighted by molar-refractivity contribution is 6.03. The summed E-state index contributed by atoms with van der Waals surface area (Å²) in [6.45, 7) is 4.03. The van der Waals surface area contributed by atoms with Crippen molar-refractivity contribution in [2.75, 3.05) is 12.4 Å². The van der Waals surface area contributed by atoms with Gasteiger partial charge >= 0.3 is 0 Å². The van der Waals surface area contributed by atoms with E-state index in [9.17, 15) is 4.79 Å². The molecule has 0 aliphatic rings. The fraction of sp³-hybridized carbons (Fsp3) is 0.158. The molecule has 24 heavy (non-hydrogen) atoms. The lowest BCUT2D eigenvalue weighted by molar-refractivity contribution is 0.101. The van der Waals surface area contributed by atoms with Gasteiger partial charge in [-0.3, -0.25) is 4.79 Å². The van der Waals surface area contributed by atoms with Crippen LogP contribution in [-0.4, -0.2) is 18.2 Å². The fourth-order valence-corrected chi connectivity index (χ4v) is 2.37. The van der Waals surface area contributed by atoms with E-state index in [0.717, 1.165) is 16.8 Å². The molecule has 0 atom stereocenters. The number of anilines is 1. The molecule has 0 saturated heterocycles. The number of carbonyl (C=O) groups excluding carboxylic acids is 1. The lowest BCUT2D eigenvalue weighted by atomic mass is 10.1. The van der Waals surface area contributed by atoms with Gasteiger partial charge in [-0.15, -0.1) is 0 Å². The molecular formula is C19H18N2O3. The molecule has 0 fully saturated rings. The zero-order valence-electron chi connectivity index (χ0n) is 13.8. The lowest BCUT2D eigenvalue weighted by Gasteiger charge is -2.05. The van der Waals surface area contributed by atoms with Gasteiger partial charge in [0.1, 0.15) is 5.75 Å². The smallest absolute Gasteiger partial charge is 0.277 e. The summed E-state index contributed by atoms with van der Waals surface area (Å²) in [5.41, 5.74) is 3.98. The van der Waals surface area contributed by atoms with E-state index >= 15 is 0 Å². The summed E-state index contributed by atoms with van der Waals surface area (Å²) >= 11 is 0. The number of amides is 1. The number of rotatable bonds is 4. The monoisotopic (exact) mass is 322 g/mol. The van der Waals surface area contributed by atoms with Crippen molar-refractivity contribution in [3.05, 3.63) is 65.4 Å². The number of nitrogens with one attached hydrogen (secondary N) is 1. The second-order valence-corrected chi connectivity index (χ2v) is 5.53. The van der Waals surface area contributed by atoms with Gasteiger partial charge in [-0.25, -0.2) is 0 Å². The number of nitrogens with zero attached hydrogens (tertiary/aromatic N) is 1. The Bertz CT molecular complexity index is 884. The second kappa shape index (κ2) is 6.58. The molecule has 5 nitrogen and oxygen atoms in total. The van der Waals surface area contributed by atoms with Crippen molar-refractivity contribution in [2.45, 2.75) is 13.8 Å². The highest BCUT2D eigenvalue weighted by atomic mass is 16.5. The maximum atomic E-state index is 12.3. The SMILES string of the molecule is COc1ccccc1-c1cc(C(=O)Nc2ccc(C)c(C)c2)no1. The van der Waals surface area contributed by atoms with Gasteiger partial charge in [-0.05, 0) is 49.2 Å². The van der Waals surface area contributed by atoms with Crippen molar-refractivity contribution in [3.63, 3.8) is 0 Å². The Balaban J connectivity index is 1.82. The zero-order valence-corrected chi connectivity index (χ0v) is 13.8. The van der Waals surface area contributed by atoms with Crippen LogP contribution >= 0.6 is 0 Å². The number of hydrogen-bond acceptors (Lipinski definition) is 4. The molecule has 2 aromatic carbocycles. The lowest BCUT2D eigenvalue weighted by Crippen LogP contribution is -2.12. The molecule has 3 rings (SSSR count). The minimum Gasteiger partial charge on any atom is -0.496 e. The predicted octanol–water partition coefficient (Wildman–Crippen LogP) is 4.22. The Labute approximate surface area is 140 Å². The molecule has 0 radical (unpaired) electrons. The van der Waals surface area contributed by atoms with Crippen LogP contribution in [0.1, 0.15) is 21.6 Å². The van der Waals surface area contributed by atoms with E-state index in [4.69, 9.17) is 9.26 Å². The molecule has 0 aliphatic carbocycles. The highest BCUT2D eigenvalue weighted by Crippen LogP contribution is 2.30. The first-order valence-corrected chi connectivity index (χ1v) is 7.57. The van der Waals surface area contributed by atoms with E-state index in [2.05, 4.69) is 10.5 Å². The van der Waals surface area contributed by atoms with Gasteiger partial charge in [-0.1, -0.05) is 23.4 Å². The quantitative estimate of drug-likeness (QED) is 0.781. The van der Waals surface area contributed by atoms with E-state index in [1.165, 1.54) is 5.56 Å². The van der Waals surface area contributed by atoms with Gasteiger partial charge in [0.25, 0.3) is 5.91 Å². The summed E-state index contributed by atoms with van der Waals surface area (Å²) < 4.78 is 10.6. The molecule has 0 bridgehead atoms. The molecule has 1 heterocycles. The zero-order chi connectivity index (χ0) is 17.1. The molecule has 0 spiro atoms. The molecule has 0 saturated carbocycles. The van der Waals surface area contributed by atoms with E-state index < -0.39 is 0 Å². The third kappa shape index (κ3) is 3.15. The van der Waals surface area contributed by atoms with Crippen LogP contribution in [0.2, 0.25) is 0 Å². The van der Waals surface area contributed by atoms with Crippen molar-refractivity contribution in [1.82, 2.24) is 5.16 Å². The number of carbonyl (C=O) groups is 1. The average Bonchev–Trinajstić information content (AvgIpc) is 3.08. The van der Waals surface area contributed by atoms with Crippen LogP contribution in [0.15, 0.2) is 53.1 Å². The highest BCUT2D eigenvalue weighted by Gasteiger charge is 2.16. The first-order valence-electron chi connectivity index (χ1n) is 7.57. The summed E-state index contributed by atoms with van der Waals surface area (Å²) in [5, 5.41) is 6.69. The summed E-state index contributed by atoms with van der Waals surface area (Å²) in [4.78, 5) is 12.3. The number of para-hydroxylation sites is 1. The number of aryl methyl sites for hydroxylation is 2. The average molecular weight is 322 g/mol. The maximum absolute atomic E-state index is 12.3. The minimum atomic E-state index is -0.317. The Morgan fingerprint density at radius 2 is 1.88 bits per heavy atom. The summed E-state index contributed by atoms with van der Waals surface area (Å²) in [6.07, 6.45) is 0. The van der Waals surface area contributed by atoms with Crippen molar-refractivity contribution >= 4 is 11.6 Å². The van der Waals surface area contributed by atoms with Gasteiger partial charge < -0.3 is 14.6 Å². The van der Waals surface area contributed by atoms with Gasteiger partial charge in [0.15, 0.2) is 11.5 Å². The maximum Gasteiger partial charge on any atom is 0.277 e. The van der Waals surface area contributed by atoms with Crippen molar-refractivity contribution in [1.29, 1.82) is 0 Å². The van der Waals surface area contributed by atoms with Crippen LogP contribution in [-0.2, 0) is 0 Å². The summed E-state index contributed by atoms with van der Waals surface area (Å²) in [6, 6.07) is 14.8. The number of benzene rings is 2. The normalized spacial score (nSPS) is 10.5. The molecule has 0 aliphatic heterocycles. The predicted molar refractivity (Wildman–Crippen MR) is 92.4 cm³/mol. The molecule has 0 unspecified atom stereocenters. The van der Waals surface area contributed by atoms with E-state index in [1.54, 1.807) is 13.2 Å². The molecule has 1 amide bonds. The summed E-state index contributed by atoms with van der Waals surface area (Å²) in [7, 11) is 1.59. The largest absolute Gasteiger partial charge is 0.496 e. The summed E-state index contributed by atoms with van der Waals surface area (Å²) in [5.74, 6) is 0.829. The topological polar surface area (TPSA) is 64.4 Å². The minimum absolute atomic E-state index is 0.217. The first-order chi connectivity index (χ1) is 11.6. The molecule has 1 N–H and O–H groups in total. The molecule has 3 aromatic rings. The van der Waals surface area contributed by atoms with Crippen LogP contribution in [0.4, 0.5) is 5.69 Å². The van der Waals surface area contributed by atoms with E-state index in [0.29, 0.717) is 11.5 Å². The van der Waals surface area contributed by atoms with Crippen LogP contribution in [0, 0.1) is 13.8 Å². The van der Waals surface area contributed by atoms with Crippen molar-refractivity contribution in [3.8, 4) is 17.1 Å². The van der Waals surface area contributed by atoms with Gasteiger partial charge in [0, 0.05) is 11.8 Å². The third-order valence-corrected chi connectivity index (χ3v) is 3.88. The number of ether oxygens (including phenoxy) is 1. The molecule has 122 valence electrons. The van der Waals surface area contributed by atoms with Gasteiger partial charge in [-0.2, -0.15) is 0 Å². The Morgan fingerprint density at radius 3 is 2.62 bits per heavy atom. The van der Waals surface area contributed by atoms with Gasteiger partial charge in [0.05, 0.1) is 12.7 Å². The molecular weight excluding hydrogens is 304 g/mol. The Kier molecular flexibility index (Phi) is 4.33. The van der Waals surface area contributed by atoms with E-state index in [-0.39, 0.29) is 11.6 Å². The standard InChI is InChI=1S/C19H18N2O3/c1-12-8-9-14(10-13(12)2)20-19(22)16-11-18(24-21-16)15-6-4-5-7-17(15)23-3/h4-11H,1-3H3,(H,20,22). The van der Waals surface area contributed by atoms with Gasteiger partial charge in [0.2, 0.25) is 0 Å².